The van der Waals surface area contributed by atoms with Crippen molar-refractivity contribution < 1.29 is 9.53 Å². The monoisotopic (exact) mass is 401 g/mol. The Kier molecular flexibility index (Phi) is 4.47. The number of aromatic nitrogens is 5. The van der Waals surface area contributed by atoms with Crippen molar-refractivity contribution in [3.8, 4) is 17.5 Å². The van der Waals surface area contributed by atoms with Crippen molar-refractivity contribution in [1.29, 1.82) is 0 Å². The molecule has 0 saturated heterocycles. The number of nitrogens with two attached hydrogens (primary N) is 1. The summed E-state index contributed by atoms with van der Waals surface area (Å²) in [6, 6.07) is 13.4. The third kappa shape index (κ3) is 3.20. The maximum Gasteiger partial charge on any atom is 0.252 e. The van der Waals surface area contributed by atoms with Gasteiger partial charge >= 0.3 is 0 Å². The summed E-state index contributed by atoms with van der Waals surface area (Å²) in [6.45, 7) is 1.23. The summed E-state index contributed by atoms with van der Waals surface area (Å²) in [5.74, 6) is 1.46. The van der Waals surface area contributed by atoms with Crippen LogP contribution in [-0.2, 0) is 13.0 Å². The van der Waals surface area contributed by atoms with Crippen molar-refractivity contribution in [1.82, 2.24) is 24.6 Å². The molecule has 0 unspecified atom stereocenters. The molecule has 0 bridgehead atoms. The van der Waals surface area contributed by atoms with Crippen LogP contribution in [0.2, 0.25) is 0 Å². The molecule has 1 aliphatic heterocycles. The Hall–Kier alpha value is -4.01. The van der Waals surface area contributed by atoms with Crippen LogP contribution in [0.1, 0.15) is 27.9 Å². The van der Waals surface area contributed by atoms with E-state index in [1.54, 1.807) is 22.7 Å². The molecule has 0 spiro atoms. The number of pyridine rings is 1. The minimum atomic E-state index is -0.570. The fourth-order valence-electron chi connectivity index (χ4n) is 3.51. The van der Waals surface area contributed by atoms with Gasteiger partial charge < -0.3 is 15.8 Å². The van der Waals surface area contributed by atoms with Crippen LogP contribution in [-0.4, -0.2) is 37.1 Å². The van der Waals surface area contributed by atoms with Gasteiger partial charge in [-0.2, -0.15) is 4.98 Å². The maximum absolute atomic E-state index is 11.7. The number of carbonyl (C=O) groups excluding carboxylic acids is 1. The molecule has 3 aromatic heterocycles. The van der Waals surface area contributed by atoms with Gasteiger partial charge in [0.05, 0.1) is 17.7 Å². The lowest BCUT2D eigenvalue weighted by atomic mass is 10.1. The van der Waals surface area contributed by atoms with Crippen LogP contribution in [0.5, 0.6) is 5.88 Å². The van der Waals surface area contributed by atoms with Gasteiger partial charge in [-0.15, -0.1) is 10.2 Å². The lowest BCUT2D eigenvalue weighted by Crippen LogP contribution is -2.16. The number of nitrogens with one attached hydrogen (secondary N) is 1. The average molecular weight is 401 g/mol. The van der Waals surface area contributed by atoms with Gasteiger partial charge in [-0.3, -0.25) is 9.20 Å². The predicted molar refractivity (Wildman–Crippen MR) is 110 cm³/mol. The number of benzene rings is 1. The van der Waals surface area contributed by atoms with Crippen LogP contribution in [0.4, 0.5) is 5.82 Å². The van der Waals surface area contributed by atoms with Crippen LogP contribution < -0.4 is 15.8 Å². The zero-order chi connectivity index (χ0) is 20.5. The Bertz CT molecular complexity index is 1240. The summed E-state index contributed by atoms with van der Waals surface area (Å²) >= 11 is 0. The first kappa shape index (κ1) is 18.0. The molecule has 0 saturated carbocycles. The molecule has 4 aromatic rings. The lowest BCUT2D eigenvalue weighted by Gasteiger charge is -2.20. The SMILES string of the molecule is NC(=O)c1cccn2c(-c3nc(NCc4ccccc4)c4c(n3)OCCC4)nnc12. The van der Waals surface area contributed by atoms with E-state index in [1.165, 1.54) is 0 Å². The molecule has 9 nitrogen and oxygen atoms in total. The summed E-state index contributed by atoms with van der Waals surface area (Å²) in [7, 11) is 0. The Labute approximate surface area is 171 Å². The van der Waals surface area contributed by atoms with Gasteiger partial charge in [0.2, 0.25) is 17.5 Å². The van der Waals surface area contributed by atoms with Crippen LogP contribution in [0.25, 0.3) is 17.3 Å². The van der Waals surface area contributed by atoms with Gasteiger partial charge in [-0.05, 0) is 30.5 Å². The highest BCUT2D eigenvalue weighted by atomic mass is 16.5. The number of primary amides is 1. The number of ether oxygens (including phenoxy) is 1. The number of nitrogens with zero attached hydrogens (tertiary/aromatic N) is 5. The summed E-state index contributed by atoms with van der Waals surface area (Å²) in [5.41, 5.74) is 8.20. The van der Waals surface area contributed by atoms with Crippen molar-refractivity contribution in [2.75, 3.05) is 11.9 Å². The first-order valence-electron chi connectivity index (χ1n) is 9.66. The molecular formula is C21H19N7O2. The number of hydrogen-bond acceptors (Lipinski definition) is 7. The molecule has 30 heavy (non-hydrogen) atoms. The average Bonchev–Trinajstić information content (AvgIpc) is 3.22. The summed E-state index contributed by atoms with van der Waals surface area (Å²) < 4.78 is 7.46. The standard InChI is InChI=1S/C21H19N7O2/c22-16(29)14-8-4-10-28-19(14)26-27-20(28)18-24-17(15-9-5-11-30-21(15)25-18)23-12-13-6-2-1-3-7-13/h1-4,6-8,10H,5,9,11-12H2,(H2,22,29)(H,23,24,25). The van der Waals surface area contributed by atoms with Crippen molar-refractivity contribution in [3.63, 3.8) is 0 Å². The van der Waals surface area contributed by atoms with Crippen LogP contribution >= 0.6 is 0 Å². The molecule has 0 radical (unpaired) electrons. The van der Waals surface area contributed by atoms with E-state index in [0.717, 1.165) is 24.0 Å². The molecule has 0 atom stereocenters. The largest absolute Gasteiger partial charge is 0.477 e. The van der Waals surface area contributed by atoms with E-state index in [9.17, 15) is 4.79 Å². The first-order valence-corrected chi connectivity index (χ1v) is 9.66. The van der Waals surface area contributed by atoms with Crippen LogP contribution in [0.15, 0.2) is 48.7 Å². The zero-order valence-corrected chi connectivity index (χ0v) is 16.1. The van der Waals surface area contributed by atoms with Gasteiger partial charge in [-0.25, -0.2) is 4.98 Å². The Balaban J connectivity index is 1.58. The number of amides is 1. The second-order valence-corrected chi connectivity index (χ2v) is 6.97. The highest BCUT2D eigenvalue weighted by Crippen LogP contribution is 2.31. The second-order valence-electron chi connectivity index (χ2n) is 6.97. The molecule has 5 rings (SSSR count). The number of fused-ring (bicyclic) bond motifs is 2. The summed E-state index contributed by atoms with van der Waals surface area (Å²) in [6.07, 6.45) is 3.49. The molecule has 150 valence electrons. The molecule has 3 N–H and O–H groups in total. The number of rotatable bonds is 5. The number of carbonyl (C=O) groups is 1. The van der Waals surface area contributed by atoms with Crippen LogP contribution in [0.3, 0.4) is 0 Å². The highest BCUT2D eigenvalue weighted by Gasteiger charge is 2.23. The van der Waals surface area contributed by atoms with Gasteiger partial charge in [0, 0.05) is 12.7 Å². The fraction of sp³-hybridized carbons (Fsp3) is 0.190. The van der Waals surface area contributed by atoms with E-state index in [2.05, 4.69) is 32.6 Å². The minimum Gasteiger partial charge on any atom is -0.477 e. The third-order valence-corrected chi connectivity index (χ3v) is 4.98. The van der Waals surface area contributed by atoms with Crippen molar-refractivity contribution >= 4 is 17.4 Å². The maximum atomic E-state index is 11.7. The predicted octanol–water partition coefficient (Wildman–Crippen LogP) is 2.22. The molecule has 1 amide bonds. The molecule has 1 aromatic carbocycles. The van der Waals surface area contributed by atoms with Gasteiger partial charge in [0.25, 0.3) is 5.91 Å². The van der Waals surface area contributed by atoms with E-state index in [-0.39, 0.29) is 5.56 Å². The molecule has 4 heterocycles. The zero-order valence-electron chi connectivity index (χ0n) is 16.1. The van der Waals surface area contributed by atoms with Gasteiger partial charge in [0.1, 0.15) is 5.82 Å². The van der Waals surface area contributed by atoms with Crippen molar-refractivity contribution in [2.24, 2.45) is 5.73 Å². The first-order chi connectivity index (χ1) is 14.7. The Morgan fingerprint density at radius 3 is 2.83 bits per heavy atom. The fourth-order valence-corrected chi connectivity index (χ4v) is 3.51. The van der Waals surface area contributed by atoms with E-state index in [4.69, 9.17) is 15.5 Å². The van der Waals surface area contributed by atoms with E-state index in [0.29, 0.717) is 42.1 Å². The van der Waals surface area contributed by atoms with Gasteiger partial charge in [-0.1, -0.05) is 30.3 Å². The molecule has 1 aliphatic rings. The van der Waals surface area contributed by atoms with E-state index in [1.807, 2.05) is 18.2 Å². The molecule has 0 fully saturated rings. The lowest BCUT2D eigenvalue weighted by molar-refractivity contribution is 0.100. The quantitative estimate of drug-likeness (QED) is 0.526. The van der Waals surface area contributed by atoms with E-state index < -0.39 is 5.91 Å². The molecule has 9 heteroatoms. The third-order valence-electron chi connectivity index (χ3n) is 4.98. The molecule has 0 aliphatic carbocycles. The summed E-state index contributed by atoms with van der Waals surface area (Å²) in [4.78, 5) is 21.0. The molecular weight excluding hydrogens is 382 g/mol. The van der Waals surface area contributed by atoms with Gasteiger partial charge in [0.15, 0.2) is 5.65 Å². The van der Waals surface area contributed by atoms with Crippen molar-refractivity contribution in [2.45, 2.75) is 19.4 Å². The van der Waals surface area contributed by atoms with Crippen molar-refractivity contribution in [3.05, 3.63) is 65.4 Å². The minimum absolute atomic E-state index is 0.285. The van der Waals surface area contributed by atoms with E-state index >= 15 is 0 Å². The topological polar surface area (TPSA) is 120 Å². The van der Waals surface area contributed by atoms with Crippen LogP contribution in [0, 0.1) is 0 Å². The normalized spacial score (nSPS) is 12.9. The summed E-state index contributed by atoms with van der Waals surface area (Å²) in [5, 5.41) is 11.7. The number of anilines is 1. The second kappa shape index (κ2) is 7.43. The Morgan fingerprint density at radius 2 is 2.00 bits per heavy atom. The highest BCUT2D eigenvalue weighted by molar-refractivity contribution is 5.98. The Morgan fingerprint density at radius 1 is 1.13 bits per heavy atom. The smallest absolute Gasteiger partial charge is 0.252 e. The number of hydrogen-bond donors (Lipinski definition) is 2.